The van der Waals surface area contributed by atoms with Crippen LogP contribution in [0.3, 0.4) is 0 Å². The van der Waals surface area contributed by atoms with Crippen LogP contribution >= 0.6 is 0 Å². The van der Waals surface area contributed by atoms with Gasteiger partial charge in [-0.05, 0) is 36.8 Å². The van der Waals surface area contributed by atoms with Gasteiger partial charge in [-0.1, -0.05) is 12.1 Å². The molecule has 30 heavy (non-hydrogen) atoms. The van der Waals surface area contributed by atoms with Crippen LogP contribution in [0.25, 0.3) is 0 Å². The minimum absolute atomic E-state index is 0.100. The molecule has 0 aliphatic carbocycles. The van der Waals surface area contributed by atoms with Gasteiger partial charge in [-0.15, -0.1) is 0 Å². The number of fused-ring (bicyclic) bond motifs is 1. The monoisotopic (exact) mass is 434 g/mol. The van der Waals surface area contributed by atoms with Crippen molar-refractivity contribution in [1.82, 2.24) is 9.62 Å². The zero-order chi connectivity index (χ0) is 21.0. The van der Waals surface area contributed by atoms with Crippen molar-refractivity contribution in [3.05, 3.63) is 48.0 Å². The molecule has 0 bridgehead atoms. The Kier molecular flexibility index (Phi) is 6.43. The van der Waals surface area contributed by atoms with Crippen LogP contribution in [-0.4, -0.2) is 59.6 Å². The fraction of sp³-hybridized carbons (Fsp3) is 0.429. The smallest absolute Gasteiger partial charge is 0.240 e. The van der Waals surface area contributed by atoms with Gasteiger partial charge in [0.2, 0.25) is 16.8 Å². The van der Waals surface area contributed by atoms with E-state index in [1.54, 1.807) is 6.07 Å². The Balaban J connectivity index is 1.52. The Morgan fingerprint density at radius 2 is 1.80 bits per heavy atom. The highest BCUT2D eigenvalue weighted by atomic mass is 32.2. The zero-order valence-corrected chi connectivity index (χ0v) is 17.7. The zero-order valence-electron chi connectivity index (χ0n) is 16.9. The van der Waals surface area contributed by atoms with Gasteiger partial charge in [0.05, 0.1) is 24.7 Å². The third-order valence-electron chi connectivity index (χ3n) is 5.18. The molecule has 0 amide bonds. The molecule has 2 aliphatic heterocycles. The second kappa shape index (κ2) is 9.22. The molecule has 2 heterocycles. The van der Waals surface area contributed by atoms with Crippen molar-refractivity contribution >= 4 is 10.0 Å². The number of rotatable bonds is 8. The van der Waals surface area contributed by atoms with Gasteiger partial charge in [-0.2, -0.15) is 0 Å². The van der Waals surface area contributed by atoms with E-state index >= 15 is 0 Å². The van der Waals surface area contributed by atoms with E-state index in [2.05, 4.69) is 9.62 Å². The van der Waals surface area contributed by atoms with Crippen LogP contribution in [0.15, 0.2) is 47.4 Å². The largest absolute Gasteiger partial charge is 0.494 e. The van der Waals surface area contributed by atoms with Crippen molar-refractivity contribution in [2.24, 2.45) is 0 Å². The molecule has 1 saturated heterocycles. The molecular weight excluding hydrogens is 408 g/mol. The van der Waals surface area contributed by atoms with E-state index in [-0.39, 0.29) is 24.3 Å². The molecule has 0 radical (unpaired) electrons. The summed E-state index contributed by atoms with van der Waals surface area (Å²) in [6.45, 7) is 5.61. The first-order valence-electron chi connectivity index (χ1n) is 10.0. The molecule has 0 aromatic heterocycles. The molecule has 4 rings (SSSR count). The molecule has 1 atom stereocenters. The normalized spacial score (nSPS) is 17.6. The summed E-state index contributed by atoms with van der Waals surface area (Å²) in [5.74, 6) is 1.78. The number of morpholine rings is 1. The van der Waals surface area contributed by atoms with E-state index < -0.39 is 10.0 Å². The predicted octanol–water partition coefficient (Wildman–Crippen LogP) is 2.17. The van der Waals surface area contributed by atoms with Gasteiger partial charge in [0.25, 0.3) is 0 Å². The quantitative estimate of drug-likeness (QED) is 0.681. The number of sulfonamides is 1. The minimum Gasteiger partial charge on any atom is -0.494 e. The van der Waals surface area contributed by atoms with E-state index in [4.69, 9.17) is 18.9 Å². The molecule has 2 aromatic carbocycles. The standard InChI is InChI=1S/C21H26N2O6S/c1-2-27-17-5-3-16(4-6-17)19(23-9-11-26-12-10-23)14-22-30(24,25)18-7-8-20-21(13-18)29-15-28-20/h3-8,13,19,22H,2,9-12,14-15H2,1H3/t19-/m1/s1. The van der Waals surface area contributed by atoms with Crippen molar-refractivity contribution < 1.29 is 27.4 Å². The Morgan fingerprint density at radius 1 is 1.07 bits per heavy atom. The number of nitrogens with zero attached hydrogens (tertiary/aromatic N) is 1. The summed E-state index contributed by atoms with van der Waals surface area (Å²) in [6.07, 6.45) is 0. The van der Waals surface area contributed by atoms with Crippen LogP contribution in [0, 0.1) is 0 Å². The summed E-state index contributed by atoms with van der Waals surface area (Å²) in [5, 5.41) is 0. The lowest BCUT2D eigenvalue weighted by Crippen LogP contribution is -2.43. The van der Waals surface area contributed by atoms with Crippen molar-refractivity contribution in [3.8, 4) is 17.2 Å². The van der Waals surface area contributed by atoms with E-state index in [0.717, 1.165) is 24.4 Å². The Labute approximate surface area is 176 Å². The molecule has 2 aromatic rings. The summed E-state index contributed by atoms with van der Waals surface area (Å²) in [6, 6.07) is 12.3. The van der Waals surface area contributed by atoms with Crippen LogP contribution in [0.5, 0.6) is 17.2 Å². The molecule has 1 fully saturated rings. The van der Waals surface area contributed by atoms with Gasteiger partial charge in [0.1, 0.15) is 5.75 Å². The van der Waals surface area contributed by atoms with Gasteiger partial charge in [-0.3, -0.25) is 4.90 Å². The molecular formula is C21H26N2O6S. The number of nitrogens with one attached hydrogen (secondary N) is 1. The van der Waals surface area contributed by atoms with Gasteiger partial charge in [-0.25, -0.2) is 13.1 Å². The first kappa shape index (κ1) is 20.9. The molecule has 9 heteroatoms. The van der Waals surface area contributed by atoms with Gasteiger partial charge in [0.15, 0.2) is 11.5 Å². The third-order valence-corrected chi connectivity index (χ3v) is 6.60. The number of hydrogen-bond acceptors (Lipinski definition) is 7. The maximum atomic E-state index is 12.9. The Bertz CT molecular complexity index is 958. The van der Waals surface area contributed by atoms with Crippen LogP contribution in [0.1, 0.15) is 18.5 Å². The van der Waals surface area contributed by atoms with E-state index in [1.807, 2.05) is 31.2 Å². The average Bonchev–Trinajstić information content (AvgIpc) is 3.24. The summed E-state index contributed by atoms with van der Waals surface area (Å²) < 4.78 is 50.2. The second-order valence-electron chi connectivity index (χ2n) is 7.03. The molecule has 0 saturated carbocycles. The summed E-state index contributed by atoms with van der Waals surface area (Å²) in [4.78, 5) is 2.39. The molecule has 2 aliphatic rings. The average molecular weight is 435 g/mol. The Hall–Kier alpha value is -2.33. The van der Waals surface area contributed by atoms with Crippen LogP contribution in [0.2, 0.25) is 0 Å². The highest BCUT2D eigenvalue weighted by Crippen LogP contribution is 2.34. The number of benzene rings is 2. The summed E-state index contributed by atoms with van der Waals surface area (Å²) >= 11 is 0. The van der Waals surface area contributed by atoms with Gasteiger partial charge < -0.3 is 18.9 Å². The van der Waals surface area contributed by atoms with Gasteiger partial charge >= 0.3 is 0 Å². The summed E-state index contributed by atoms with van der Waals surface area (Å²) in [7, 11) is -3.71. The molecule has 1 N–H and O–H groups in total. The van der Waals surface area contributed by atoms with E-state index in [0.29, 0.717) is 31.3 Å². The highest BCUT2D eigenvalue weighted by molar-refractivity contribution is 7.89. The van der Waals surface area contributed by atoms with Crippen molar-refractivity contribution in [2.45, 2.75) is 17.9 Å². The lowest BCUT2D eigenvalue weighted by Gasteiger charge is -2.35. The molecule has 0 unspecified atom stereocenters. The maximum Gasteiger partial charge on any atom is 0.240 e. The SMILES string of the molecule is CCOc1ccc([C@@H](CNS(=O)(=O)c2ccc3c(c2)OCO3)N2CCOCC2)cc1. The topological polar surface area (TPSA) is 86.3 Å². The van der Waals surface area contributed by atoms with Gasteiger partial charge in [0, 0.05) is 31.7 Å². The highest BCUT2D eigenvalue weighted by Gasteiger charge is 2.26. The first-order chi connectivity index (χ1) is 14.6. The van der Waals surface area contributed by atoms with Crippen molar-refractivity contribution in [3.63, 3.8) is 0 Å². The van der Waals surface area contributed by atoms with Crippen LogP contribution in [-0.2, 0) is 14.8 Å². The fourth-order valence-corrected chi connectivity index (χ4v) is 4.67. The maximum absolute atomic E-state index is 12.9. The van der Waals surface area contributed by atoms with Crippen LogP contribution < -0.4 is 18.9 Å². The number of ether oxygens (including phenoxy) is 4. The Morgan fingerprint density at radius 3 is 2.53 bits per heavy atom. The van der Waals surface area contributed by atoms with Crippen LogP contribution in [0.4, 0.5) is 0 Å². The minimum atomic E-state index is -3.71. The second-order valence-corrected chi connectivity index (χ2v) is 8.80. The number of hydrogen-bond donors (Lipinski definition) is 1. The van der Waals surface area contributed by atoms with E-state index in [9.17, 15) is 8.42 Å². The first-order valence-corrected chi connectivity index (χ1v) is 11.5. The fourth-order valence-electron chi connectivity index (χ4n) is 3.62. The lowest BCUT2D eigenvalue weighted by molar-refractivity contribution is 0.0172. The molecule has 8 nitrogen and oxygen atoms in total. The predicted molar refractivity (Wildman–Crippen MR) is 110 cm³/mol. The van der Waals surface area contributed by atoms with Crippen molar-refractivity contribution in [2.75, 3.05) is 46.2 Å². The lowest BCUT2D eigenvalue weighted by atomic mass is 10.0. The third kappa shape index (κ3) is 4.70. The van der Waals surface area contributed by atoms with E-state index in [1.165, 1.54) is 12.1 Å². The summed E-state index contributed by atoms with van der Waals surface area (Å²) in [5.41, 5.74) is 1.02. The van der Waals surface area contributed by atoms with Crippen molar-refractivity contribution in [1.29, 1.82) is 0 Å². The molecule has 0 spiro atoms. The molecule has 162 valence electrons.